The van der Waals surface area contributed by atoms with Crippen molar-refractivity contribution in [2.24, 2.45) is 23.7 Å². The first-order chi connectivity index (χ1) is 20.3. The van der Waals surface area contributed by atoms with Gasteiger partial charge in [0.05, 0.1) is 39.3 Å². The van der Waals surface area contributed by atoms with E-state index in [9.17, 15) is 19.2 Å². The van der Waals surface area contributed by atoms with Crippen molar-refractivity contribution in [2.45, 2.75) is 19.3 Å². The van der Waals surface area contributed by atoms with Gasteiger partial charge in [-0.3, -0.25) is 19.3 Å². The fraction of sp³-hybridized carbons (Fsp3) is 0.242. The van der Waals surface area contributed by atoms with Gasteiger partial charge in [0, 0.05) is 21.5 Å². The van der Waals surface area contributed by atoms with E-state index < -0.39 is 18.4 Å². The van der Waals surface area contributed by atoms with Crippen molar-refractivity contribution < 1.29 is 23.9 Å². The molecule has 9 heteroatoms. The molecule has 2 aliphatic carbocycles. The van der Waals surface area contributed by atoms with Gasteiger partial charge in [-0.05, 0) is 73.6 Å². The van der Waals surface area contributed by atoms with Gasteiger partial charge in [-0.2, -0.15) is 0 Å². The van der Waals surface area contributed by atoms with Crippen LogP contribution in [0.25, 0.3) is 22.2 Å². The number of hydrogen-bond donors (Lipinski definition) is 0. The number of aromatic nitrogens is 1. The Morgan fingerprint density at radius 2 is 1.60 bits per heavy atom. The lowest BCUT2D eigenvalue weighted by molar-refractivity contribution is -0.123. The molecule has 3 fully saturated rings. The van der Waals surface area contributed by atoms with Gasteiger partial charge < -0.3 is 4.74 Å². The van der Waals surface area contributed by atoms with E-state index in [-0.39, 0.29) is 39.8 Å². The van der Waals surface area contributed by atoms with Crippen molar-refractivity contribution in [3.05, 3.63) is 94.0 Å². The minimum atomic E-state index is -0.697. The average Bonchev–Trinajstić information content (AvgIpc) is 3.68. The number of rotatable bonds is 6. The van der Waals surface area contributed by atoms with Gasteiger partial charge in [-0.1, -0.05) is 53.5 Å². The van der Waals surface area contributed by atoms with Gasteiger partial charge in [0.2, 0.25) is 17.6 Å². The minimum absolute atomic E-state index is 0.115. The Balaban J connectivity index is 1.19. The highest BCUT2D eigenvalue weighted by Gasteiger charge is 2.61. The molecule has 4 atom stereocenters. The Labute approximate surface area is 251 Å². The standard InChI is InChI=1S/C33H24Cl2N2O5/c34-20-10-11-23(25(35)14-20)28(38)16-42-33(41)24-15-27(36-26-7-2-1-6-22(24)26)17-4-3-5-21(13-17)37-31(39)29-18-8-9-19(12-18)30(29)32(37)40/h1-7,10-11,13-15,18-19,29-30H,8-9,12,16H2/t18-,19-,29-,30-/m0/s1. The van der Waals surface area contributed by atoms with Gasteiger partial charge in [0.25, 0.3) is 0 Å². The van der Waals surface area contributed by atoms with Crippen LogP contribution < -0.4 is 4.90 Å². The number of carbonyl (C=O) groups excluding carboxylic acids is 4. The number of esters is 1. The second kappa shape index (κ2) is 10.3. The molecule has 4 aromatic rings. The summed E-state index contributed by atoms with van der Waals surface area (Å²) in [6, 6.07) is 20.3. The summed E-state index contributed by atoms with van der Waals surface area (Å²) in [7, 11) is 0. The number of pyridine rings is 1. The van der Waals surface area contributed by atoms with E-state index in [0.29, 0.717) is 44.7 Å². The quantitative estimate of drug-likeness (QED) is 0.138. The third-order valence-corrected chi connectivity index (χ3v) is 9.38. The number of Topliss-reactive ketones (excluding diaryl/α,β-unsaturated/α-hetero) is 1. The number of halogens is 2. The predicted octanol–water partition coefficient (Wildman–Crippen LogP) is 6.78. The van der Waals surface area contributed by atoms with Crippen LogP contribution in [0.15, 0.2) is 72.8 Å². The summed E-state index contributed by atoms with van der Waals surface area (Å²) >= 11 is 12.1. The number of amides is 2. The lowest BCUT2D eigenvalue weighted by Gasteiger charge is -2.19. The van der Waals surface area contributed by atoms with Gasteiger partial charge in [-0.25, -0.2) is 9.78 Å². The highest BCUT2D eigenvalue weighted by molar-refractivity contribution is 6.37. The second-order valence-electron chi connectivity index (χ2n) is 11.1. The summed E-state index contributed by atoms with van der Waals surface area (Å²) in [5.41, 5.74) is 2.59. The Kier molecular flexibility index (Phi) is 6.59. The topological polar surface area (TPSA) is 93.6 Å². The van der Waals surface area contributed by atoms with Crippen LogP contribution in [0.4, 0.5) is 5.69 Å². The smallest absolute Gasteiger partial charge is 0.339 e. The van der Waals surface area contributed by atoms with Gasteiger partial charge in [0.15, 0.2) is 6.61 Å². The number of benzene rings is 3. The Bertz CT molecular complexity index is 1790. The Morgan fingerprint density at radius 1 is 0.857 bits per heavy atom. The number of anilines is 1. The van der Waals surface area contributed by atoms with E-state index >= 15 is 0 Å². The lowest BCUT2D eigenvalue weighted by atomic mass is 9.81. The van der Waals surface area contributed by atoms with Crippen LogP contribution >= 0.6 is 23.2 Å². The summed E-state index contributed by atoms with van der Waals surface area (Å²) in [5, 5.41) is 1.13. The average molecular weight is 599 g/mol. The Morgan fingerprint density at radius 3 is 2.33 bits per heavy atom. The SMILES string of the molecule is O=C(COC(=O)c1cc(-c2cccc(N3C(=O)[C@H]4[C@H]5CC[C@@H](C5)[C@@H]4C3=O)c2)nc2ccccc12)c1ccc(Cl)cc1Cl. The number of hydrogen-bond acceptors (Lipinski definition) is 6. The van der Waals surface area contributed by atoms with Crippen molar-refractivity contribution in [1.29, 1.82) is 0 Å². The van der Waals surface area contributed by atoms with E-state index in [1.807, 2.05) is 12.1 Å². The monoisotopic (exact) mass is 598 g/mol. The van der Waals surface area contributed by atoms with Gasteiger partial charge >= 0.3 is 5.97 Å². The van der Waals surface area contributed by atoms with Crippen molar-refractivity contribution in [2.75, 3.05) is 11.5 Å². The first-order valence-electron chi connectivity index (χ1n) is 13.8. The fourth-order valence-corrected chi connectivity index (χ4v) is 7.48. The molecule has 0 N–H and O–H groups in total. The van der Waals surface area contributed by atoms with Crippen LogP contribution in [0, 0.1) is 23.7 Å². The van der Waals surface area contributed by atoms with E-state index in [2.05, 4.69) is 0 Å². The third-order valence-electron chi connectivity index (χ3n) is 8.83. The fourth-order valence-electron chi connectivity index (χ4n) is 6.96. The van der Waals surface area contributed by atoms with Crippen LogP contribution in [0.1, 0.15) is 40.0 Å². The zero-order valence-corrected chi connectivity index (χ0v) is 23.8. The summed E-state index contributed by atoms with van der Waals surface area (Å²) in [6.45, 7) is -0.509. The molecule has 0 radical (unpaired) electrons. The van der Waals surface area contributed by atoms with Crippen molar-refractivity contribution in [1.82, 2.24) is 4.98 Å². The second-order valence-corrected chi connectivity index (χ2v) is 12.0. The zero-order chi connectivity index (χ0) is 29.1. The molecular formula is C33H24Cl2N2O5. The zero-order valence-electron chi connectivity index (χ0n) is 22.3. The van der Waals surface area contributed by atoms with E-state index in [4.69, 9.17) is 32.9 Å². The number of ether oxygens (including phenoxy) is 1. The molecular weight excluding hydrogens is 575 g/mol. The summed E-state index contributed by atoms with van der Waals surface area (Å²) in [6.07, 6.45) is 2.99. The Hall–Kier alpha value is -4.07. The van der Waals surface area contributed by atoms with Crippen LogP contribution in [-0.4, -0.2) is 35.2 Å². The van der Waals surface area contributed by atoms with Gasteiger partial charge in [-0.15, -0.1) is 0 Å². The molecule has 1 saturated heterocycles. The summed E-state index contributed by atoms with van der Waals surface area (Å²) < 4.78 is 5.42. The molecule has 2 saturated carbocycles. The molecule has 42 heavy (non-hydrogen) atoms. The highest BCUT2D eigenvalue weighted by atomic mass is 35.5. The first kappa shape index (κ1) is 26.8. The normalized spacial score (nSPS) is 22.6. The molecule has 7 nitrogen and oxygen atoms in total. The van der Waals surface area contributed by atoms with Crippen molar-refractivity contribution >= 4 is 63.4 Å². The maximum atomic E-state index is 13.4. The molecule has 3 aliphatic rings. The number of imide groups is 1. The maximum absolute atomic E-state index is 13.4. The molecule has 1 aliphatic heterocycles. The largest absolute Gasteiger partial charge is 0.454 e. The van der Waals surface area contributed by atoms with Crippen LogP contribution in [0.5, 0.6) is 0 Å². The lowest BCUT2D eigenvalue weighted by Crippen LogP contribution is -2.32. The van der Waals surface area contributed by atoms with Crippen molar-refractivity contribution in [3.8, 4) is 11.3 Å². The molecule has 2 amide bonds. The van der Waals surface area contributed by atoms with E-state index in [0.717, 1.165) is 19.3 Å². The minimum Gasteiger partial charge on any atom is -0.454 e. The molecule has 7 rings (SSSR count). The summed E-state index contributed by atoms with van der Waals surface area (Å²) in [4.78, 5) is 58.9. The molecule has 2 heterocycles. The van der Waals surface area contributed by atoms with Gasteiger partial charge in [0.1, 0.15) is 0 Å². The summed E-state index contributed by atoms with van der Waals surface area (Å²) in [5.74, 6) is -1.24. The number of para-hydroxylation sites is 1. The number of carbonyl (C=O) groups is 4. The van der Waals surface area contributed by atoms with E-state index in [1.54, 1.807) is 48.5 Å². The molecule has 3 aromatic carbocycles. The van der Waals surface area contributed by atoms with Crippen molar-refractivity contribution in [3.63, 3.8) is 0 Å². The van der Waals surface area contributed by atoms with Crippen LogP contribution in [0.2, 0.25) is 10.0 Å². The molecule has 0 spiro atoms. The molecule has 2 bridgehead atoms. The molecule has 210 valence electrons. The highest BCUT2D eigenvalue weighted by Crippen LogP contribution is 2.56. The maximum Gasteiger partial charge on any atom is 0.339 e. The van der Waals surface area contributed by atoms with Crippen LogP contribution in [-0.2, 0) is 14.3 Å². The molecule has 0 unspecified atom stereocenters. The van der Waals surface area contributed by atoms with E-state index in [1.165, 1.54) is 17.0 Å². The number of fused-ring (bicyclic) bond motifs is 6. The predicted molar refractivity (Wildman–Crippen MR) is 159 cm³/mol. The third kappa shape index (κ3) is 4.39. The molecule has 1 aromatic heterocycles. The number of ketones is 1. The first-order valence-corrected chi connectivity index (χ1v) is 14.6. The van der Waals surface area contributed by atoms with Crippen LogP contribution in [0.3, 0.4) is 0 Å². The number of nitrogens with zero attached hydrogens (tertiary/aromatic N) is 2.